The van der Waals surface area contributed by atoms with Crippen molar-refractivity contribution in [3.8, 4) is 17.0 Å². The van der Waals surface area contributed by atoms with Gasteiger partial charge in [0.15, 0.2) is 5.13 Å². The Morgan fingerprint density at radius 2 is 1.96 bits per heavy atom. The monoisotopic (exact) mass is 428 g/mol. The van der Waals surface area contributed by atoms with E-state index in [9.17, 15) is 13.2 Å². The highest BCUT2D eigenvalue weighted by atomic mass is 79.9. The van der Waals surface area contributed by atoms with Gasteiger partial charge in [0.05, 0.1) is 22.8 Å². The molecule has 0 saturated carbocycles. The fraction of sp³-hybridized carbons (Fsp3) is 0.118. The molecule has 3 aromatic rings. The van der Waals surface area contributed by atoms with Crippen LogP contribution in [0.4, 0.5) is 24.0 Å². The van der Waals surface area contributed by atoms with Crippen LogP contribution in [0, 0.1) is 0 Å². The molecule has 8 heteroatoms. The highest BCUT2D eigenvalue weighted by Crippen LogP contribution is 2.34. The van der Waals surface area contributed by atoms with Crippen LogP contribution >= 0.6 is 27.3 Å². The van der Waals surface area contributed by atoms with Crippen LogP contribution < -0.4 is 10.1 Å². The Morgan fingerprint density at radius 3 is 2.64 bits per heavy atom. The van der Waals surface area contributed by atoms with Gasteiger partial charge in [-0.05, 0) is 52.3 Å². The van der Waals surface area contributed by atoms with Crippen LogP contribution in [0.1, 0.15) is 5.56 Å². The Hall–Kier alpha value is -2.06. The Kier molecular flexibility index (Phi) is 5.01. The highest BCUT2D eigenvalue weighted by Gasteiger charge is 2.30. The van der Waals surface area contributed by atoms with Crippen LogP contribution in [0.15, 0.2) is 52.3 Å². The number of nitrogens with zero attached hydrogens (tertiary/aromatic N) is 1. The summed E-state index contributed by atoms with van der Waals surface area (Å²) in [6, 6.07) is 10.6. The summed E-state index contributed by atoms with van der Waals surface area (Å²) < 4.78 is 44.3. The van der Waals surface area contributed by atoms with E-state index in [1.165, 1.54) is 17.4 Å². The molecule has 1 N–H and O–H groups in total. The summed E-state index contributed by atoms with van der Waals surface area (Å²) in [5.41, 5.74) is 1.24. The molecule has 0 bridgehead atoms. The third-order valence-corrected chi connectivity index (χ3v) is 4.77. The normalized spacial score (nSPS) is 11.4. The summed E-state index contributed by atoms with van der Waals surface area (Å²) in [5.74, 6) is 0.710. The summed E-state index contributed by atoms with van der Waals surface area (Å²) in [6.45, 7) is 0. The minimum atomic E-state index is -4.37. The molecule has 3 nitrogen and oxygen atoms in total. The Labute approximate surface area is 154 Å². The maximum absolute atomic E-state index is 12.8. The predicted molar refractivity (Wildman–Crippen MR) is 96.5 cm³/mol. The number of methoxy groups -OCH3 is 1. The molecule has 0 fully saturated rings. The van der Waals surface area contributed by atoms with E-state index in [2.05, 4.69) is 26.2 Å². The van der Waals surface area contributed by atoms with Crippen LogP contribution in [0.5, 0.6) is 5.75 Å². The average molecular weight is 429 g/mol. The van der Waals surface area contributed by atoms with E-state index in [1.54, 1.807) is 13.2 Å². The molecule has 0 atom stereocenters. The fourth-order valence-corrected chi connectivity index (χ4v) is 3.47. The van der Waals surface area contributed by atoms with Crippen molar-refractivity contribution in [2.75, 3.05) is 12.4 Å². The first kappa shape index (κ1) is 17.8. The molecule has 1 aromatic heterocycles. The van der Waals surface area contributed by atoms with Crippen molar-refractivity contribution in [1.82, 2.24) is 4.98 Å². The second kappa shape index (κ2) is 7.05. The van der Waals surface area contributed by atoms with E-state index in [4.69, 9.17) is 4.74 Å². The number of rotatable bonds is 4. The van der Waals surface area contributed by atoms with Gasteiger partial charge in [-0.1, -0.05) is 6.07 Å². The third-order valence-electron chi connectivity index (χ3n) is 3.39. The zero-order valence-electron chi connectivity index (χ0n) is 12.9. The van der Waals surface area contributed by atoms with Gasteiger partial charge in [0.1, 0.15) is 5.75 Å². The number of hydrogen-bond donors (Lipinski definition) is 1. The zero-order chi connectivity index (χ0) is 18.0. The van der Waals surface area contributed by atoms with Gasteiger partial charge in [-0.15, -0.1) is 11.3 Å². The molecular formula is C17H12BrF3N2OS. The lowest BCUT2D eigenvalue weighted by molar-refractivity contribution is -0.137. The Balaban J connectivity index is 1.82. The summed E-state index contributed by atoms with van der Waals surface area (Å²) in [6.07, 6.45) is -4.37. The first-order chi connectivity index (χ1) is 11.9. The van der Waals surface area contributed by atoms with Gasteiger partial charge in [-0.25, -0.2) is 4.98 Å². The number of benzene rings is 2. The molecule has 0 radical (unpaired) electrons. The molecule has 0 aliphatic rings. The van der Waals surface area contributed by atoms with E-state index in [0.717, 1.165) is 27.9 Å². The summed E-state index contributed by atoms with van der Waals surface area (Å²) in [4.78, 5) is 4.43. The summed E-state index contributed by atoms with van der Waals surface area (Å²) >= 11 is 4.74. The number of anilines is 2. The van der Waals surface area contributed by atoms with Crippen LogP contribution in [0.2, 0.25) is 0 Å². The van der Waals surface area contributed by atoms with Gasteiger partial charge >= 0.3 is 6.18 Å². The second-order valence-electron chi connectivity index (χ2n) is 5.09. The number of thiazole rings is 1. The lowest BCUT2D eigenvalue weighted by atomic mass is 10.2. The lowest BCUT2D eigenvalue weighted by Gasteiger charge is -2.09. The van der Waals surface area contributed by atoms with Crippen LogP contribution in [0.3, 0.4) is 0 Å². The van der Waals surface area contributed by atoms with Crippen LogP contribution in [-0.4, -0.2) is 12.1 Å². The molecule has 0 unspecified atom stereocenters. The molecule has 130 valence electrons. The molecule has 3 rings (SSSR count). The third kappa shape index (κ3) is 4.13. The number of halogens is 4. The summed E-state index contributed by atoms with van der Waals surface area (Å²) in [5, 5.41) is 5.27. The molecule has 2 aromatic carbocycles. The SMILES string of the molecule is COc1ccc(-c2csc(Nc3cccc(C(F)(F)F)c3)n2)cc1Br. The predicted octanol–water partition coefficient (Wildman–Crippen LogP) is 6.34. The van der Waals surface area contributed by atoms with E-state index < -0.39 is 11.7 Å². The van der Waals surface area contributed by atoms with Crippen molar-refractivity contribution >= 4 is 38.1 Å². The standard InChI is InChI=1S/C17H12BrF3N2OS/c1-24-15-6-5-10(7-13(15)18)14-9-25-16(23-14)22-12-4-2-3-11(8-12)17(19,20)21/h2-9H,1H3,(H,22,23). The van der Waals surface area contributed by atoms with Crippen molar-refractivity contribution in [2.45, 2.75) is 6.18 Å². The van der Waals surface area contributed by atoms with Crippen molar-refractivity contribution < 1.29 is 17.9 Å². The number of ether oxygens (including phenoxy) is 1. The van der Waals surface area contributed by atoms with Gasteiger partial charge in [0, 0.05) is 16.6 Å². The topological polar surface area (TPSA) is 34.1 Å². The molecular weight excluding hydrogens is 417 g/mol. The van der Waals surface area contributed by atoms with Crippen molar-refractivity contribution in [2.24, 2.45) is 0 Å². The zero-order valence-corrected chi connectivity index (χ0v) is 15.3. The van der Waals surface area contributed by atoms with Gasteiger partial charge in [0.25, 0.3) is 0 Å². The quantitative estimate of drug-likeness (QED) is 0.525. The molecule has 0 aliphatic carbocycles. The molecule has 1 heterocycles. The minimum Gasteiger partial charge on any atom is -0.496 e. The van der Waals surface area contributed by atoms with Crippen molar-refractivity contribution in [1.29, 1.82) is 0 Å². The van der Waals surface area contributed by atoms with E-state index in [-0.39, 0.29) is 0 Å². The minimum absolute atomic E-state index is 0.339. The molecule has 0 aliphatic heterocycles. The average Bonchev–Trinajstić information content (AvgIpc) is 3.03. The van der Waals surface area contributed by atoms with Gasteiger partial charge in [-0.2, -0.15) is 13.2 Å². The lowest BCUT2D eigenvalue weighted by Crippen LogP contribution is -2.05. The largest absolute Gasteiger partial charge is 0.496 e. The molecule has 0 spiro atoms. The Morgan fingerprint density at radius 1 is 1.16 bits per heavy atom. The van der Waals surface area contributed by atoms with Crippen LogP contribution in [-0.2, 0) is 6.18 Å². The highest BCUT2D eigenvalue weighted by molar-refractivity contribution is 9.10. The fourth-order valence-electron chi connectivity index (χ4n) is 2.19. The van der Waals surface area contributed by atoms with Gasteiger partial charge < -0.3 is 10.1 Å². The maximum Gasteiger partial charge on any atom is 0.416 e. The van der Waals surface area contributed by atoms with Gasteiger partial charge in [0.2, 0.25) is 0 Å². The Bertz CT molecular complexity index is 896. The summed E-state index contributed by atoms with van der Waals surface area (Å²) in [7, 11) is 1.58. The number of alkyl halides is 3. The smallest absolute Gasteiger partial charge is 0.416 e. The number of aromatic nitrogens is 1. The molecule has 0 amide bonds. The maximum atomic E-state index is 12.8. The van der Waals surface area contributed by atoms with E-state index >= 15 is 0 Å². The first-order valence-corrected chi connectivity index (χ1v) is 8.78. The second-order valence-corrected chi connectivity index (χ2v) is 6.80. The van der Waals surface area contributed by atoms with Crippen molar-refractivity contribution in [3.05, 3.63) is 57.9 Å². The number of nitrogens with one attached hydrogen (secondary N) is 1. The first-order valence-electron chi connectivity index (χ1n) is 7.10. The van der Waals surface area contributed by atoms with E-state index in [0.29, 0.717) is 16.6 Å². The molecule has 25 heavy (non-hydrogen) atoms. The van der Waals surface area contributed by atoms with Gasteiger partial charge in [-0.3, -0.25) is 0 Å². The van der Waals surface area contributed by atoms with Crippen LogP contribution in [0.25, 0.3) is 11.3 Å². The number of hydrogen-bond acceptors (Lipinski definition) is 4. The van der Waals surface area contributed by atoms with Crippen molar-refractivity contribution in [3.63, 3.8) is 0 Å². The molecule has 0 saturated heterocycles. The van der Waals surface area contributed by atoms with E-state index in [1.807, 2.05) is 23.6 Å².